The third-order valence-corrected chi connectivity index (χ3v) is 3.76. The zero-order valence-electron chi connectivity index (χ0n) is 10.9. The van der Waals surface area contributed by atoms with Crippen LogP contribution in [0.1, 0.15) is 57.0 Å². The van der Waals surface area contributed by atoms with Crippen molar-refractivity contribution in [3.05, 3.63) is 35.4 Å². The SMILES string of the molecule is CCCCc1ccc(C(Cl)C(C)(C)C)cc1. The lowest BCUT2D eigenvalue weighted by Crippen LogP contribution is -2.13. The van der Waals surface area contributed by atoms with Crippen LogP contribution < -0.4 is 0 Å². The molecule has 0 aliphatic heterocycles. The van der Waals surface area contributed by atoms with E-state index in [9.17, 15) is 0 Å². The van der Waals surface area contributed by atoms with Gasteiger partial charge >= 0.3 is 0 Å². The van der Waals surface area contributed by atoms with Crippen molar-refractivity contribution in [2.45, 2.75) is 52.3 Å². The monoisotopic (exact) mass is 238 g/mol. The van der Waals surface area contributed by atoms with E-state index in [4.69, 9.17) is 11.6 Å². The lowest BCUT2D eigenvalue weighted by molar-refractivity contribution is 0.396. The van der Waals surface area contributed by atoms with Gasteiger partial charge in [0.15, 0.2) is 0 Å². The molecule has 0 radical (unpaired) electrons. The minimum atomic E-state index is 0.0905. The highest BCUT2D eigenvalue weighted by atomic mass is 35.5. The molecule has 1 aromatic carbocycles. The number of alkyl halides is 1. The van der Waals surface area contributed by atoms with E-state index in [2.05, 4.69) is 52.0 Å². The Morgan fingerprint density at radius 1 is 1.12 bits per heavy atom. The lowest BCUT2D eigenvalue weighted by atomic mass is 9.87. The topological polar surface area (TPSA) is 0 Å². The molecule has 0 bridgehead atoms. The van der Waals surface area contributed by atoms with E-state index in [0.29, 0.717) is 0 Å². The van der Waals surface area contributed by atoms with Gasteiger partial charge in [-0.25, -0.2) is 0 Å². The average molecular weight is 239 g/mol. The van der Waals surface area contributed by atoms with Gasteiger partial charge in [-0.1, -0.05) is 58.4 Å². The van der Waals surface area contributed by atoms with Crippen molar-refractivity contribution in [1.29, 1.82) is 0 Å². The zero-order valence-corrected chi connectivity index (χ0v) is 11.6. The number of halogens is 1. The van der Waals surface area contributed by atoms with Crippen LogP contribution in [0, 0.1) is 5.41 Å². The molecule has 0 amide bonds. The van der Waals surface area contributed by atoms with Gasteiger partial charge in [0.1, 0.15) is 0 Å². The molecule has 0 aliphatic rings. The molecule has 0 nitrogen and oxygen atoms in total. The molecule has 1 aromatic rings. The Morgan fingerprint density at radius 2 is 1.69 bits per heavy atom. The summed E-state index contributed by atoms with van der Waals surface area (Å²) in [6, 6.07) is 8.78. The molecule has 0 fully saturated rings. The van der Waals surface area contributed by atoms with Crippen LogP contribution in [0.3, 0.4) is 0 Å². The number of aryl methyl sites for hydroxylation is 1. The Balaban J connectivity index is 2.71. The van der Waals surface area contributed by atoms with Crippen LogP contribution in [0.4, 0.5) is 0 Å². The second-order valence-electron chi connectivity index (χ2n) is 5.57. The van der Waals surface area contributed by atoms with E-state index >= 15 is 0 Å². The van der Waals surface area contributed by atoms with Crippen LogP contribution in [-0.4, -0.2) is 0 Å². The van der Waals surface area contributed by atoms with Gasteiger partial charge in [0.25, 0.3) is 0 Å². The molecule has 0 N–H and O–H groups in total. The molecule has 0 aliphatic carbocycles. The molecule has 0 saturated carbocycles. The van der Waals surface area contributed by atoms with Gasteiger partial charge in [-0.05, 0) is 29.4 Å². The summed E-state index contributed by atoms with van der Waals surface area (Å²) < 4.78 is 0. The maximum Gasteiger partial charge on any atom is 0.0633 e. The Labute approximate surface area is 105 Å². The third kappa shape index (κ3) is 3.83. The highest BCUT2D eigenvalue weighted by Gasteiger charge is 2.23. The molecule has 0 spiro atoms. The largest absolute Gasteiger partial charge is 0.117 e. The fourth-order valence-corrected chi connectivity index (χ4v) is 1.88. The second-order valence-corrected chi connectivity index (χ2v) is 6.01. The molecular formula is C15H23Cl. The summed E-state index contributed by atoms with van der Waals surface area (Å²) in [5.41, 5.74) is 2.77. The smallest absolute Gasteiger partial charge is 0.0633 e. The van der Waals surface area contributed by atoms with E-state index in [0.717, 1.165) is 0 Å². The number of hydrogen-bond acceptors (Lipinski definition) is 0. The van der Waals surface area contributed by atoms with Crippen LogP contribution >= 0.6 is 11.6 Å². The Bertz CT molecular complexity index is 305. The normalized spacial score (nSPS) is 13.8. The van der Waals surface area contributed by atoms with Crippen molar-refractivity contribution < 1.29 is 0 Å². The van der Waals surface area contributed by atoms with E-state index in [-0.39, 0.29) is 10.8 Å². The first-order valence-corrected chi connectivity index (χ1v) is 6.61. The first-order chi connectivity index (χ1) is 7.45. The molecule has 1 atom stereocenters. The van der Waals surface area contributed by atoms with Gasteiger partial charge in [0.05, 0.1) is 5.38 Å². The molecule has 90 valence electrons. The number of hydrogen-bond donors (Lipinski definition) is 0. The van der Waals surface area contributed by atoms with Crippen molar-refractivity contribution in [2.75, 3.05) is 0 Å². The minimum absolute atomic E-state index is 0.0905. The fraction of sp³-hybridized carbons (Fsp3) is 0.600. The highest BCUT2D eigenvalue weighted by molar-refractivity contribution is 6.21. The quantitative estimate of drug-likeness (QED) is 0.620. The fourth-order valence-electron chi connectivity index (χ4n) is 1.73. The van der Waals surface area contributed by atoms with Gasteiger partial charge < -0.3 is 0 Å². The average Bonchev–Trinajstić information content (AvgIpc) is 2.25. The summed E-state index contributed by atoms with van der Waals surface area (Å²) in [6.07, 6.45) is 3.70. The van der Waals surface area contributed by atoms with Gasteiger partial charge in [-0.15, -0.1) is 11.6 Å². The summed E-state index contributed by atoms with van der Waals surface area (Å²) >= 11 is 6.44. The van der Waals surface area contributed by atoms with Crippen molar-refractivity contribution in [3.63, 3.8) is 0 Å². The Hall–Kier alpha value is -0.490. The van der Waals surface area contributed by atoms with Crippen molar-refractivity contribution >= 4 is 11.6 Å². The molecule has 16 heavy (non-hydrogen) atoms. The first-order valence-electron chi connectivity index (χ1n) is 6.18. The molecule has 1 unspecified atom stereocenters. The lowest BCUT2D eigenvalue weighted by Gasteiger charge is -2.25. The Kier molecular flexibility index (Phi) is 4.86. The second kappa shape index (κ2) is 5.72. The zero-order chi connectivity index (χ0) is 12.2. The van der Waals surface area contributed by atoms with E-state index in [1.807, 2.05) is 0 Å². The van der Waals surface area contributed by atoms with Crippen LogP contribution in [0.5, 0.6) is 0 Å². The Morgan fingerprint density at radius 3 is 2.12 bits per heavy atom. The van der Waals surface area contributed by atoms with Gasteiger partial charge in [-0.2, -0.15) is 0 Å². The molecule has 0 heterocycles. The summed E-state index contributed by atoms with van der Waals surface area (Å²) in [5.74, 6) is 0. The summed E-state index contributed by atoms with van der Waals surface area (Å²) in [5, 5.41) is 0.0905. The maximum absolute atomic E-state index is 6.44. The summed E-state index contributed by atoms with van der Waals surface area (Å²) in [7, 11) is 0. The highest BCUT2D eigenvalue weighted by Crippen LogP contribution is 2.38. The van der Waals surface area contributed by atoms with Crippen LogP contribution in [0.25, 0.3) is 0 Å². The van der Waals surface area contributed by atoms with Crippen LogP contribution in [0.2, 0.25) is 0 Å². The summed E-state index contributed by atoms with van der Waals surface area (Å²) in [6.45, 7) is 8.75. The third-order valence-electron chi connectivity index (χ3n) is 2.85. The predicted molar refractivity (Wildman–Crippen MR) is 73.1 cm³/mol. The van der Waals surface area contributed by atoms with Gasteiger partial charge in [-0.3, -0.25) is 0 Å². The summed E-state index contributed by atoms with van der Waals surface area (Å²) in [4.78, 5) is 0. The van der Waals surface area contributed by atoms with Crippen LogP contribution in [0.15, 0.2) is 24.3 Å². The maximum atomic E-state index is 6.44. The minimum Gasteiger partial charge on any atom is -0.117 e. The van der Waals surface area contributed by atoms with E-state index in [1.165, 1.54) is 30.4 Å². The van der Waals surface area contributed by atoms with Gasteiger partial charge in [0.2, 0.25) is 0 Å². The molecule has 0 aromatic heterocycles. The van der Waals surface area contributed by atoms with E-state index < -0.39 is 0 Å². The standard InChI is InChI=1S/C15H23Cl/c1-5-6-7-12-8-10-13(11-9-12)14(16)15(2,3)4/h8-11,14H,5-7H2,1-4H3. The molecule has 1 rings (SSSR count). The van der Waals surface area contributed by atoms with E-state index in [1.54, 1.807) is 0 Å². The molecule has 1 heteroatoms. The van der Waals surface area contributed by atoms with Crippen molar-refractivity contribution in [2.24, 2.45) is 5.41 Å². The number of benzene rings is 1. The first kappa shape index (κ1) is 13.6. The van der Waals surface area contributed by atoms with Crippen molar-refractivity contribution in [1.82, 2.24) is 0 Å². The number of unbranched alkanes of at least 4 members (excludes halogenated alkanes) is 1. The predicted octanol–water partition coefficient (Wildman–Crippen LogP) is 5.36. The number of rotatable bonds is 4. The van der Waals surface area contributed by atoms with Gasteiger partial charge in [0, 0.05) is 0 Å². The molecular weight excluding hydrogens is 216 g/mol. The van der Waals surface area contributed by atoms with Crippen LogP contribution in [-0.2, 0) is 6.42 Å². The molecule has 0 saturated heterocycles. The van der Waals surface area contributed by atoms with Crippen molar-refractivity contribution in [3.8, 4) is 0 Å².